The van der Waals surface area contributed by atoms with E-state index in [4.69, 9.17) is 15.2 Å². The Morgan fingerprint density at radius 2 is 2.13 bits per heavy atom. The molecule has 9 heteroatoms. The Balaban J connectivity index is 1.75. The van der Waals surface area contributed by atoms with Crippen molar-refractivity contribution in [3.63, 3.8) is 0 Å². The fourth-order valence-electron chi connectivity index (χ4n) is 5.40. The zero-order valence-corrected chi connectivity index (χ0v) is 22.8. The molecule has 2 aromatic rings. The molecule has 38 heavy (non-hydrogen) atoms. The Bertz CT molecular complexity index is 1380. The molecule has 2 aliphatic heterocycles. The average molecular weight is 518 g/mol. The number of nitriles is 1. The number of nitrogens with one attached hydrogen (secondary N) is 1. The first kappa shape index (κ1) is 27.1. The van der Waals surface area contributed by atoms with Crippen LogP contribution in [0.25, 0.3) is 0 Å². The van der Waals surface area contributed by atoms with E-state index >= 15 is 0 Å². The van der Waals surface area contributed by atoms with Crippen LogP contribution in [0.1, 0.15) is 69.0 Å². The van der Waals surface area contributed by atoms with Crippen LogP contribution in [0.3, 0.4) is 0 Å². The number of aliphatic hydroxyl groups is 1. The van der Waals surface area contributed by atoms with Gasteiger partial charge >= 0.3 is 6.09 Å². The first-order valence-electron chi connectivity index (χ1n) is 12.8. The number of aliphatic hydroxyl groups excluding tert-OH is 1. The van der Waals surface area contributed by atoms with Crippen LogP contribution >= 0.6 is 0 Å². The maximum Gasteiger partial charge on any atom is 0.410 e. The number of likely N-dealkylation sites (tertiary alicyclic amines) is 1. The van der Waals surface area contributed by atoms with Crippen LogP contribution in [-0.4, -0.2) is 45.0 Å². The van der Waals surface area contributed by atoms with E-state index in [0.29, 0.717) is 35.7 Å². The lowest BCUT2D eigenvalue weighted by atomic mass is 9.61. The zero-order valence-electron chi connectivity index (χ0n) is 22.8. The van der Waals surface area contributed by atoms with Crippen LogP contribution in [0, 0.1) is 41.9 Å². The smallest absolute Gasteiger partial charge is 0.410 e. The number of carbonyl (C=O) groups is 1. The Labute approximate surface area is 223 Å². The van der Waals surface area contributed by atoms with Crippen molar-refractivity contribution >= 4 is 6.09 Å². The Morgan fingerprint density at radius 1 is 1.39 bits per heavy atom. The minimum atomic E-state index is -0.952. The summed E-state index contributed by atoms with van der Waals surface area (Å²) >= 11 is 0. The second kappa shape index (κ2) is 10.1. The molecule has 2 atom stereocenters. The number of ether oxygens (including phenoxy) is 2. The molecule has 0 radical (unpaired) electrons. The molecule has 2 aliphatic rings. The molecule has 0 bridgehead atoms. The number of amides is 1. The molecule has 1 aromatic heterocycles. The van der Waals surface area contributed by atoms with E-state index in [1.165, 1.54) is 0 Å². The van der Waals surface area contributed by atoms with Gasteiger partial charge in [0.25, 0.3) is 0 Å². The highest BCUT2D eigenvalue weighted by atomic mass is 16.6. The minimum Gasteiger partial charge on any atom is -0.444 e. The lowest BCUT2D eigenvalue weighted by molar-refractivity contribution is 0.0291. The second-order valence-electron chi connectivity index (χ2n) is 11.2. The van der Waals surface area contributed by atoms with Gasteiger partial charge in [0.2, 0.25) is 11.8 Å². The molecule has 1 saturated heterocycles. The van der Waals surface area contributed by atoms with E-state index < -0.39 is 11.0 Å². The maximum absolute atomic E-state index is 12.4. The van der Waals surface area contributed by atoms with Crippen molar-refractivity contribution in [2.75, 3.05) is 13.1 Å². The normalized spacial score (nSPS) is 20.9. The molecule has 3 heterocycles. The third-order valence-corrected chi connectivity index (χ3v) is 7.02. The second-order valence-corrected chi connectivity index (χ2v) is 11.2. The van der Waals surface area contributed by atoms with Crippen molar-refractivity contribution in [1.29, 1.82) is 5.26 Å². The number of nitrogens with two attached hydrogens (primary N) is 1. The summed E-state index contributed by atoms with van der Waals surface area (Å²) in [5, 5.41) is 27.6. The number of H-pyrrole nitrogens is 1. The monoisotopic (exact) mass is 517 g/mol. The summed E-state index contributed by atoms with van der Waals surface area (Å²) in [5.41, 5.74) is 8.70. The maximum atomic E-state index is 12.4. The Morgan fingerprint density at radius 3 is 2.76 bits per heavy atom. The molecule has 1 amide bonds. The van der Waals surface area contributed by atoms with Gasteiger partial charge in [-0.3, -0.25) is 5.10 Å². The Hall–Kier alpha value is -3.95. The summed E-state index contributed by atoms with van der Waals surface area (Å²) < 4.78 is 11.2. The van der Waals surface area contributed by atoms with E-state index in [-0.39, 0.29) is 30.4 Å². The number of hydrogen-bond acceptors (Lipinski definition) is 7. The van der Waals surface area contributed by atoms with Crippen LogP contribution in [0.15, 0.2) is 29.7 Å². The summed E-state index contributed by atoms with van der Waals surface area (Å²) in [4.78, 5) is 14.1. The lowest BCUT2D eigenvalue weighted by Gasteiger charge is -2.41. The molecule has 0 saturated carbocycles. The fourth-order valence-corrected chi connectivity index (χ4v) is 5.40. The van der Waals surface area contributed by atoms with Gasteiger partial charge in [-0.1, -0.05) is 31.8 Å². The summed E-state index contributed by atoms with van der Waals surface area (Å²) in [6, 6.07) is 7.96. The number of rotatable bonds is 3. The molecule has 0 spiro atoms. The summed E-state index contributed by atoms with van der Waals surface area (Å²) in [6.45, 7) is 12.4. The molecule has 4 N–H and O–H groups in total. The highest BCUT2D eigenvalue weighted by Crippen LogP contribution is 2.52. The molecular weight excluding hydrogens is 482 g/mol. The average Bonchev–Trinajstić information content (AvgIpc) is 3.47. The third kappa shape index (κ3) is 4.82. The minimum absolute atomic E-state index is 0.00109. The van der Waals surface area contributed by atoms with Gasteiger partial charge in [-0.2, -0.15) is 5.26 Å². The largest absolute Gasteiger partial charge is 0.444 e. The van der Waals surface area contributed by atoms with Crippen LogP contribution in [-0.2, 0) is 16.8 Å². The number of nitrogens with zero attached hydrogens (tertiary/aromatic N) is 3. The van der Waals surface area contributed by atoms with Gasteiger partial charge in [0.05, 0.1) is 17.6 Å². The number of carbonyl (C=O) groups excluding carboxylic acids is 1. The van der Waals surface area contributed by atoms with Gasteiger partial charge < -0.3 is 25.2 Å². The van der Waals surface area contributed by atoms with Crippen LogP contribution in [0.2, 0.25) is 0 Å². The highest BCUT2D eigenvalue weighted by molar-refractivity contribution is 5.68. The fraction of sp³-hybridized carbons (Fsp3) is 0.483. The summed E-state index contributed by atoms with van der Waals surface area (Å²) in [7, 11) is 0. The number of hydrogen-bond donors (Lipinski definition) is 3. The van der Waals surface area contributed by atoms with E-state index in [0.717, 1.165) is 23.2 Å². The highest BCUT2D eigenvalue weighted by Gasteiger charge is 2.50. The predicted molar refractivity (Wildman–Crippen MR) is 142 cm³/mol. The summed E-state index contributed by atoms with van der Waals surface area (Å²) in [6.07, 6.45) is 0.422. The third-order valence-electron chi connectivity index (χ3n) is 7.02. The first-order valence-corrected chi connectivity index (χ1v) is 12.8. The van der Waals surface area contributed by atoms with Crippen molar-refractivity contribution in [2.24, 2.45) is 17.6 Å². The Kier molecular flexibility index (Phi) is 7.18. The molecule has 200 valence electrons. The van der Waals surface area contributed by atoms with E-state index in [2.05, 4.69) is 28.1 Å². The SMILES string of the molecule is Cc1[nH]nc2c1C(c1cc(C#CC3CCN(C(=O)OC(C)(C)C)C3)cc(CO)c1)(C(C)C)C(C#N)=C(N)O2. The lowest BCUT2D eigenvalue weighted by Crippen LogP contribution is -2.41. The van der Waals surface area contributed by atoms with Gasteiger partial charge in [0.1, 0.15) is 17.2 Å². The van der Waals surface area contributed by atoms with E-state index in [9.17, 15) is 15.2 Å². The van der Waals surface area contributed by atoms with Crippen molar-refractivity contribution in [1.82, 2.24) is 15.1 Å². The van der Waals surface area contributed by atoms with Crippen molar-refractivity contribution < 1.29 is 19.4 Å². The topological polar surface area (TPSA) is 137 Å². The van der Waals surface area contributed by atoms with Gasteiger partial charge in [-0.05, 0) is 63.3 Å². The molecule has 9 nitrogen and oxygen atoms in total. The number of allylic oxidation sites excluding steroid dienone is 1. The van der Waals surface area contributed by atoms with E-state index in [1.807, 2.05) is 59.7 Å². The number of benzene rings is 1. The van der Waals surface area contributed by atoms with Crippen molar-refractivity contribution in [3.8, 4) is 23.8 Å². The van der Waals surface area contributed by atoms with Crippen molar-refractivity contribution in [2.45, 2.75) is 65.6 Å². The van der Waals surface area contributed by atoms with Gasteiger partial charge in [-0.15, -0.1) is 5.10 Å². The number of fused-ring (bicyclic) bond motifs is 1. The first-order chi connectivity index (χ1) is 17.9. The molecule has 2 unspecified atom stereocenters. The van der Waals surface area contributed by atoms with Crippen LogP contribution in [0.4, 0.5) is 4.79 Å². The van der Waals surface area contributed by atoms with Gasteiger partial charge in [0.15, 0.2) is 0 Å². The van der Waals surface area contributed by atoms with Crippen LogP contribution < -0.4 is 10.5 Å². The number of aryl methyl sites for hydroxylation is 1. The molecule has 1 aromatic carbocycles. The standard InChI is InChI=1S/C29H35N5O4/c1-17(2)29(23(14-30)25(31)37-26-24(29)18(3)32-33-26)22-12-20(11-21(13-22)16-35)8-7-19-9-10-34(15-19)27(36)38-28(4,5)6/h11-13,17,19,35H,9-10,15-16,31H2,1-6H3,(H,32,33). The molecule has 4 rings (SSSR count). The van der Waals surface area contributed by atoms with E-state index in [1.54, 1.807) is 4.90 Å². The van der Waals surface area contributed by atoms with Crippen LogP contribution in [0.5, 0.6) is 5.88 Å². The zero-order chi connectivity index (χ0) is 27.8. The molecule has 1 fully saturated rings. The molecular formula is C29H35N5O4. The molecule has 0 aliphatic carbocycles. The van der Waals surface area contributed by atoms with Gasteiger partial charge in [-0.25, -0.2) is 4.79 Å². The quantitative estimate of drug-likeness (QED) is 0.526. The van der Waals surface area contributed by atoms with Gasteiger partial charge in [0, 0.05) is 30.3 Å². The summed E-state index contributed by atoms with van der Waals surface area (Å²) in [5.74, 6) is 6.79. The number of aromatic amines is 1. The number of aromatic nitrogens is 2. The predicted octanol–water partition coefficient (Wildman–Crippen LogP) is 3.85. The van der Waals surface area contributed by atoms with Crippen molar-refractivity contribution in [3.05, 3.63) is 57.6 Å².